The quantitative estimate of drug-likeness (QED) is 0.689. The van der Waals surface area contributed by atoms with Crippen LogP contribution >= 0.6 is 0 Å². The molecule has 3 aromatic rings. The van der Waals surface area contributed by atoms with Crippen molar-refractivity contribution in [1.82, 2.24) is 4.98 Å². The number of hydrogen-bond acceptors (Lipinski definition) is 2. The summed E-state index contributed by atoms with van der Waals surface area (Å²) in [7, 11) is 0. The van der Waals surface area contributed by atoms with Crippen molar-refractivity contribution in [2.45, 2.75) is 19.8 Å². The number of aromatic nitrogens is 1. The first kappa shape index (κ1) is 13.6. The Morgan fingerprint density at radius 2 is 1.71 bits per heavy atom. The van der Waals surface area contributed by atoms with Crippen molar-refractivity contribution in [2.75, 3.05) is 11.9 Å². The highest BCUT2D eigenvalue weighted by molar-refractivity contribution is 5.81. The van der Waals surface area contributed by atoms with Crippen molar-refractivity contribution < 1.29 is 0 Å². The first-order valence-electron chi connectivity index (χ1n) is 7.47. The Bertz CT molecular complexity index is 720. The molecule has 0 unspecified atom stereocenters. The van der Waals surface area contributed by atoms with E-state index < -0.39 is 0 Å². The number of nitrogens with one attached hydrogen (secondary N) is 1. The molecule has 3 rings (SSSR count). The SMILES string of the molecule is Cc1cc2ccccc2nc1NCCCc1ccccc1. The lowest BCUT2D eigenvalue weighted by Gasteiger charge is -2.10. The normalized spacial score (nSPS) is 10.7. The van der Waals surface area contributed by atoms with E-state index >= 15 is 0 Å². The summed E-state index contributed by atoms with van der Waals surface area (Å²) < 4.78 is 0. The van der Waals surface area contributed by atoms with Crippen LogP contribution in [0.5, 0.6) is 0 Å². The molecule has 21 heavy (non-hydrogen) atoms. The highest BCUT2D eigenvalue weighted by Crippen LogP contribution is 2.19. The number of aryl methyl sites for hydroxylation is 2. The third-order valence-electron chi connectivity index (χ3n) is 3.69. The molecule has 0 bridgehead atoms. The molecule has 106 valence electrons. The number of hydrogen-bond donors (Lipinski definition) is 1. The topological polar surface area (TPSA) is 24.9 Å². The minimum Gasteiger partial charge on any atom is -0.370 e. The summed E-state index contributed by atoms with van der Waals surface area (Å²) in [5.41, 5.74) is 3.64. The second kappa shape index (κ2) is 6.40. The average Bonchev–Trinajstić information content (AvgIpc) is 2.53. The summed E-state index contributed by atoms with van der Waals surface area (Å²) >= 11 is 0. The van der Waals surface area contributed by atoms with Gasteiger partial charge in [-0.3, -0.25) is 0 Å². The lowest BCUT2D eigenvalue weighted by Crippen LogP contribution is -2.06. The maximum atomic E-state index is 4.71. The van der Waals surface area contributed by atoms with Gasteiger partial charge in [-0.15, -0.1) is 0 Å². The number of fused-ring (bicyclic) bond motifs is 1. The van der Waals surface area contributed by atoms with Crippen LogP contribution in [0.15, 0.2) is 60.7 Å². The Morgan fingerprint density at radius 1 is 0.952 bits per heavy atom. The van der Waals surface area contributed by atoms with Crippen LogP contribution in [0.25, 0.3) is 10.9 Å². The first-order valence-corrected chi connectivity index (χ1v) is 7.47. The Morgan fingerprint density at radius 3 is 2.57 bits per heavy atom. The molecule has 2 nitrogen and oxygen atoms in total. The molecule has 1 aromatic heterocycles. The molecule has 0 aliphatic carbocycles. The number of nitrogens with zero attached hydrogens (tertiary/aromatic N) is 1. The third-order valence-corrected chi connectivity index (χ3v) is 3.69. The van der Waals surface area contributed by atoms with E-state index in [1.54, 1.807) is 0 Å². The standard InChI is InChI=1S/C19H20N2/c1-15-14-17-11-5-6-12-18(17)21-19(15)20-13-7-10-16-8-3-2-4-9-16/h2-6,8-9,11-12,14H,7,10,13H2,1H3,(H,20,21). The lowest BCUT2D eigenvalue weighted by molar-refractivity contribution is 0.858. The van der Waals surface area contributed by atoms with Crippen LogP contribution in [-0.2, 0) is 6.42 Å². The van der Waals surface area contributed by atoms with Crippen molar-refractivity contribution in [1.29, 1.82) is 0 Å². The molecule has 2 aromatic carbocycles. The maximum absolute atomic E-state index is 4.71. The van der Waals surface area contributed by atoms with Gasteiger partial charge >= 0.3 is 0 Å². The zero-order valence-electron chi connectivity index (χ0n) is 12.3. The Balaban J connectivity index is 1.61. The van der Waals surface area contributed by atoms with Crippen LogP contribution in [0.1, 0.15) is 17.5 Å². The molecule has 0 aliphatic rings. The van der Waals surface area contributed by atoms with E-state index in [1.165, 1.54) is 16.5 Å². The van der Waals surface area contributed by atoms with Gasteiger partial charge in [0.15, 0.2) is 0 Å². The minimum absolute atomic E-state index is 0.946. The number of rotatable bonds is 5. The molecule has 0 atom stereocenters. The molecule has 0 saturated carbocycles. The number of benzene rings is 2. The second-order valence-corrected chi connectivity index (χ2v) is 5.36. The van der Waals surface area contributed by atoms with Gasteiger partial charge < -0.3 is 5.32 Å². The number of anilines is 1. The Kier molecular flexibility index (Phi) is 4.15. The fraction of sp³-hybridized carbons (Fsp3) is 0.211. The summed E-state index contributed by atoms with van der Waals surface area (Å²) in [6.07, 6.45) is 2.21. The van der Waals surface area contributed by atoms with Crippen molar-refractivity contribution >= 4 is 16.7 Å². The van der Waals surface area contributed by atoms with Crippen LogP contribution < -0.4 is 5.32 Å². The van der Waals surface area contributed by atoms with Gasteiger partial charge in [0, 0.05) is 11.9 Å². The molecule has 1 N–H and O–H groups in total. The van der Waals surface area contributed by atoms with E-state index in [9.17, 15) is 0 Å². The van der Waals surface area contributed by atoms with Crippen LogP contribution in [-0.4, -0.2) is 11.5 Å². The monoisotopic (exact) mass is 276 g/mol. The second-order valence-electron chi connectivity index (χ2n) is 5.36. The Labute approximate surface area is 125 Å². The van der Waals surface area contributed by atoms with Gasteiger partial charge in [-0.1, -0.05) is 48.5 Å². The van der Waals surface area contributed by atoms with Gasteiger partial charge in [-0.25, -0.2) is 4.98 Å². The molecule has 2 heteroatoms. The number of para-hydroxylation sites is 1. The van der Waals surface area contributed by atoms with Crippen LogP contribution in [0.2, 0.25) is 0 Å². The summed E-state index contributed by atoms with van der Waals surface area (Å²) in [4.78, 5) is 4.71. The first-order chi connectivity index (χ1) is 10.3. The average molecular weight is 276 g/mol. The van der Waals surface area contributed by atoms with E-state index in [-0.39, 0.29) is 0 Å². The van der Waals surface area contributed by atoms with E-state index in [1.807, 2.05) is 6.07 Å². The van der Waals surface area contributed by atoms with Crippen LogP contribution in [0, 0.1) is 6.92 Å². The summed E-state index contributed by atoms with van der Waals surface area (Å²) in [6.45, 7) is 3.06. The fourth-order valence-electron chi connectivity index (χ4n) is 2.54. The van der Waals surface area contributed by atoms with Gasteiger partial charge in [-0.05, 0) is 43.0 Å². The van der Waals surface area contributed by atoms with E-state index in [0.29, 0.717) is 0 Å². The summed E-state index contributed by atoms with van der Waals surface area (Å²) in [5, 5.41) is 4.66. The molecule has 0 amide bonds. The van der Waals surface area contributed by atoms with Crippen molar-refractivity contribution in [3.05, 3.63) is 71.8 Å². The van der Waals surface area contributed by atoms with Crippen molar-refractivity contribution in [2.24, 2.45) is 0 Å². The van der Waals surface area contributed by atoms with Gasteiger partial charge in [-0.2, -0.15) is 0 Å². The van der Waals surface area contributed by atoms with E-state index in [4.69, 9.17) is 4.98 Å². The van der Waals surface area contributed by atoms with Crippen LogP contribution in [0.4, 0.5) is 5.82 Å². The Hall–Kier alpha value is -2.35. The van der Waals surface area contributed by atoms with Gasteiger partial charge in [0.05, 0.1) is 5.52 Å². The molecule has 0 fully saturated rings. The van der Waals surface area contributed by atoms with Crippen molar-refractivity contribution in [3.63, 3.8) is 0 Å². The van der Waals surface area contributed by atoms with Crippen molar-refractivity contribution in [3.8, 4) is 0 Å². The predicted octanol–water partition coefficient (Wildman–Crippen LogP) is 4.59. The maximum Gasteiger partial charge on any atom is 0.129 e. The molecular weight excluding hydrogens is 256 g/mol. The highest BCUT2D eigenvalue weighted by atomic mass is 15.0. The summed E-state index contributed by atoms with van der Waals surface area (Å²) in [5.74, 6) is 1.00. The molecule has 0 spiro atoms. The summed E-state index contributed by atoms with van der Waals surface area (Å²) in [6, 6.07) is 21.1. The van der Waals surface area contributed by atoms with Crippen LogP contribution in [0.3, 0.4) is 0 Å². The lowest BCUT2D eigenvalue weighted by atomic mass is 10.1. The zero-order chi connectivity index (χ0) is 14.5. The van der Waals surface area contributed by atoms with Gasteiger partial charge in [0.25, 0.3) is 0 Å². The minimum atomic E-state index is 0.946. The number of pyridine rings is 1. The van der Waals surface area contributed by atoms with Gasteiger partial charge in [0.2, 0.25) is 0 Å². The molecule has 0 radical (unpaired) electrons. The highest BCUT2D eigenvalue weighted by Gasteiger charge is 2.02. The zero-order valence-corrected chi connectivity index (χ0v) is 12.3. The molecule has 0 aliphatic heterocycles. The van der Waals surface area contributed by atoms with Gasteiger partial charge in [0.1, 0.15) is 5.82 Å². The fourth-order valence-corrected chi connectivity index (χ4v) is 2.54. The molecule has 0 saturated heterocycles. The largest absolute Gasteiger partial charge is 0.370 e. The predicted molar refractivity (Wildman–Crippen MR) is 89.7 cm³/mol. The molecule has 1 heterocycles. The van der Waals surface area contributed by atoms with E-state index in [2.05, 4.69) is 66.8 Å². The smallest absolute Gasteiger partial charge is 0.129 e. The molecular formula is C19H20N2. The van der Waals surface area contributed by atoms with E-state index in [0.717, 1.165) is 30.7 Å². The third kappa shape index (κ3) is 3.40.